The van der Waals surface area contributed by atoms with E-state index in [0.717, 1.165) is 6.07 Å². The summed E-state index contributed by atoms with van der Waals surface area (Å²) in [7, 11) is 0. The van der Waals surface area contributed by atoms with Crippen molar-refractivity contribution in [1.82, 2.24) is 9.97 Å². The number of alkyl halides is 3. The molecule has 0 aliphatic carbocycles. The number of aliphatic carboxylic acids is 1. The number of hydrogen-bond donors (Lipinski definition) is 1. The van der Waals surface area contributed by atoms with E-state index >= 15 is 0 Å². The summed E-state index contributed by atoms with van der Waals surface area (Å²) in [5, 5.41) is 9.82. The van der Waals surface area contributed by atoms with Crippen molar-refractivity contribution in [3.63, 3.8) is 0 Å². The van der Waals surface area contributed by atoms with Gasteiger partial charge < -0.3 is 10.0 Å². The molecule has 0 spiro atoms. The fourth-order valence-electron chi connectivity index (χ4n) is 3.57. The number of rotatable bonds is 4. The average molecular weight is 379 g/mol. The minimum atomic E-state index is -4.50. The van der Waals surface area contributed by atoms with E-state index < -0.39 is 23.1 Å². The summed E-state index contributed by atoms with van der Waals surface area (Å²) in [6.07, 6.45) is -2.52. The molecule has 27 heavy (non-hydrogen) atoms. The normalized spacial score (nSPS) is 17.0. The lowest BCUT2D eigenvalue weighted by Gasteiger charge is -2.39. The van der Waals surface area contributed by atoms with E-state index in [0.29, 0.717) is 24.7 Å². The number of carboxylic acids is 1. The molecule has 0 atom stereocenters. The smallest absolute Gasteiger partial charge is 0.416 e. The summed E-state index contributed by atoms with van der Waals surface area (Å²) in [5.74, 6) is 0.261. The summed E-state index contributed by atoms with van der Waals surface area (Å²) in [6, 6.07) is 6.95. The van der Waals surface area contributed by atoms with Crippen LogP contribution in [0.15, 0.2) is 36.5 Å². The van der Waals surface area contributed by atoms with Crippen LogP contribution in [0.4, 0.5) is 19.0 Å². The number of aryl methyl sites for hydroxylation is 1. The van der Waals surface area contributed by atoms with Crippen molar-refractivity contribution >= 4 is 11.8 Å². The first-order valence-corrected chi connectivity index (χ1v) is 8.64. The van der Waals surface area contributed by atoms with Crippen LogP contribution in [0.3, 0.4) is 0 Å². The molecule has 0 radical (unpaired) electrons. The van der Waals surface area contributed by atoms with Gasteiger partial charge in [0.2, 0.25) is 0 Å². The van der Waals surface area contributed by atoms with Gasteiger partial charge in [-0.3, -0.25) is 4.79 Å². The first-order valence-electron chi connectivity index (χ1n) is 8.64. The summed E-state index contributed by atoms with van der Waals surface area (Å²) in [5.41, 5.74) is -1.96. The fraction of sp³-hybridized carbons (Fsp3) is 0.421. The van der Waals surface area contributed by atoms with Crippen LogP contribution in [0.1, 0.15) is 29.8 Å². The molecule has 2 aromatic rings. The van der Waals surface area contributed by atoms with E-state index in [1.807, 2.05) is 4.90 Å². The second-order valence-electron chi connectivity index (χ2n) is 6.87. The molecule has 1 saturated heterocycles. The summed E-state index contributed by atoms with van der Waals surface area (Å²) >= 11 is 0. The zero-order valence-corrected chi connectivity index (χ0v) is 14.8. The Kier molecular flexibility index (Phi) is 5.08. The van der Waals surface area contributed by atoms with Crippen molar-refractivity contribution in [2.75, 3.05) is 18.0 Å². The number of aromatic nitrogens is 2. The highest BCUT2D eigenvalue weighted by Crippen LogP contribution is 2.40. The number of piperidine rings is 1. The van der Waals surface area contributed by atoms with E-state index in [-0.39, 0.29) is 24.8 Å². The summed E-state index contributed by atoms with van der Waals surface area (Å²) in [6.45, 7) is 2.59. The lowest BCUT2D eigenvalue weighted by atomic mass is 9.73. The fourth-order valence-corrected chi connectivity index (χ4v) is 3.57. The van der Waals surface area contributed by atoms with Gasteiger partial charge in [0.1, 0.15) is 11.6 Å². The average Bonchev–Trinajstić information content (AvgIpc) is 2.62. The van der Waals surface area contributed by atoms with E-state index in [1.54, 1.807) is 19.2 Å². The topological polar surface area (TPSA) is 66.3 Å². The monoisotopic (exact) mass is 379 g/mol. The Morgan fingerprint density at radius 3 is 2.48 bits per heavy atom. The number of nitrogens with zero attached hydrogens (tertiary/aromatic N) is 3. The predicted octanol–water partition coefficient (Wildman–Crippen LogP) is 3.72. The lowest BCUT2D eigenvalue weighted by molar-refractivity contribution is -0.151. The van der Waals surface area contributed by atoms with Gasteiger partial charge in [0, 0.05) is 19.3 Å². The van der Waals surface area contributed by atoms with Gasteiger partial charge in [-0.2, -0.15) is 13.2 Å². The van der Waals surface area contributed by atoms with Crippen LogP contribution in [-0.4, -0.2) is 34.1 Å². The molecule has 8 heteroatoms. The molecule has 1 fully saturated rings. The van der Waals surface area contributed by atoms with Crippen LogP contribution < -0.4 is 4.90 Å². The minimum absolute atomic E-state index is 0.0266. The number of carbonyl (C=O) groups is 1. The maximum Gasteiger partial charge on any atom is 0.416 e. The number of hydrogen-bond acceptors (Lipinski definition) is 4. The second kappa shape index (κ2) is 7.17. The molecule has 144 valence electrons. The zero-order chi connectivity index (χ0) is 19.7. The molecule has 0 amide bonds. The first-order chi connectivity index (χ1) is 12.7. The zero-order valence-electron chi connectivity index (χ0n) is 14.8. The Bertz CT molecular complexity index is 831. The van der Waals surface area contributed by atoms with Gasteiger partial charge in [0.25, 0.3) is 0 Å². The summed E-state index contributed by atoms with van der Waals surface area (Å²) < 4.78 is 39.8. The second-order valence-corrected chi connectivity index (χ2v) is 6.87. The van der Waals surface area contributed by atoms with E-state index in [2.05, 4.69) is 9.97 Å². The molecule has 5 nitrogen and oxygen atoms in total. The molecule has 0 saturated carbocycles. The Morgan fingerprint density at radius 1 is 1.22 bits per heavy atom. The third kappa shape index (κ3) is 4.04. The Labute approximate surface area is 154 Å². The van der Waals surface area contributed by atoms with Crippen LogP contribution in [0.5, 0.6) is 0 Å². The van der Waals surface area contributed by atoms with Gasteiger partial charge in [-0.05, 0) is 43.9 Å². The van der Waals surface area contributed by atoms with Crippen LogP contribution in [0.25, 0.3) is 0 Å². The van der Waals surface area contributed by atoms with Crippen LogP contribution >= 0.6 is 0 Å². The quantitative estimate of drug-likeness (QED) is 0.877. The van der Waals surface area contributed by atoms with Crippen molar-refractivity contribution in [2.45, 2.75) is 32.4 Å². The van der Waals surface area contributed by atoms with Crippen LogP contribution in [0, 0.1) is 12.3 Å². The standard InChI is InChI=1S/C19H20F3N3O2/c1-13-23-9-6-16(24-13)25-10-7-18(8-11-25,17(26)27)12-14-4-2-3-5-15(14)19(20,21)22/h2-6,9H,7-8,10-12H2,1H3,(H,26,27). The maximum absolute atomic E-state index is 13.3. The van der Waals surface area contributed by atoms with Crippen LogP contribution in [0.2, 0.25) is 0 Å². The number of halogens is 3. The third-order valence-electron chi connectivity index (χ3n) is 5.11. The molecule has 1 aliphatic heterocycles. The number of carboxylic acid groups (broad SMARTS) is 1. The molecule has 0 unspecified atom stereocenters. The molecule has 3 rings (SSSR count). The van der Waals surface area contributed by atoms with E-state index in [4.69, 9.17) is 0 Å². The van der Waals surface area contributed by atoms with Crippen molar-refractivity contribution < 1.29 is 23.1 Å². The van der Waals surface area contributed by atoms with E-state index in [1.165, 1.54) is 18.2 Å². The highest BCUT2D eigenvalue weighted by Gasteiger charge is 2.44. The van der Waals surface area contributed by atoms with Gasteiger partial charge in [-0.15, -0.1) is 0 Å². The van der Waals surface area contributed by atoms with E-state index in [9.17, 15) is 23.1 Å². The lowest BCUT2D eigenvalue weighted by Crippen LogP contribution is -2.46. The molecule has 1 aromatic heterocycles. The van der Waals surface area contributed by atoms with Gasteiger partial charge in [-0.1, -0.05) is 18.2 Å². The van der Waals surface area contributed by atoms with Crippen molar-refractivity contribution in [2.24, 2.45) is 5.41 Å². The van der Waals surface area contributed by atoms with Gasteiger partial charge >= 0.3 is 12.1 Å². The van der Waals surface area contributed by atoms with Crippen LogP contribution in [-0.2, 0) is 17.4 Å². The largest absolute Gasteiger partial charge is 0.481 e. The molecular formula is C19H20F3N3O2. The molecular weight excluding hydrogens is 359 g/mol. The van der Waals surface area contributed by atoms with Gasteiger partial charge in [0.15, 0.2) is 0 Å². The molecule has 2 heterocycles. The first kappa shape index (κ1) is 19.1. The Hall–Kier alpha value is -2.64. The maximum atomic E-state index is 13.3. The summed E-state index contributed by atoms with van der Waals surface area (Å²) in [4.78, 5) is 22.3. The van der Waals surface area contributed by atoms with Crippen molar-refractivity contribution in [1.29, 1.82) is 0 Å². The molecule has 1 aromatic carbocycles. The Balaban J connectivity index is 1.83. The van der Waals surface area contributed by atoms with Crippen molar-refractivity contribution in [3.8, 4) is 0 Å². The number of anilines is 1. The minimum Gasteiger partial charge on any atom is -0.481 e. The van der Waals surface area contributed by atoms with Gasteiger partial charge in [0.05, 0.1) is 11.0 Å². The third-order valence-corrected chi connectivity index (χ3v) is 5.11. The number of benzene rings is 1. The highest BCUT2D eigenvalue weighted by atomic mass is 19.4. The molecule has 1 N–H and O–H groups in total. The van der Waals surface area contributed by atoms with Crippen molar-refractivity contribution in [3.05, 3.63) is 53.5 Å². The molecule has 1 aliphatic rings. The predicted molar refractivity (Wildman–Crippen MR) is 93.4 cm³/mol. The van der Waals surface area contributed by atoms with Gasteiger partial charge in [-0.25, -0.2) is 9.97 Å². The SMILES string of the molecule is Cc1nccc(N2CCC(Cc3ccccc3C(F)(F)F)(C(=O)O)CC2)n1. The molecule has 0 bridgehead atoms. The highest BCUT2D eigenvalue weighted by molar-refractivity contribution is 5.75. The Morgan fingerprint density at radius 2 is 1.89 bits per heavy atom.